The van der Waals surface area contributed by atoms with Crippen LogP contribution in [0.2, 0.25) is 10.0 Å². The number of alkyl halides is 21. The summed E-state index contributed by atoms with van der Waals surface area (Å²) in [7, 11) is -6.40. The van der Waals surface area contributed by atoms with E-state index >= 15 is 0 Å². The second-order valence-electron chi connectivity index (χ2n) is 25.5. The van der Waals surface area contributed by atoms with Gasteiger partial charge in [0, 0.05) is 128 Å². The summed E-state index contributed by atoms with van der Waals surface area (Å²) in [5.74, 6) is -3.63. The topological polar surface area (TPSA) is 481 Å². The Balaban J connectivity index is -0.0000000788. The number of aliphatic hydroxyl groups is 1. The summed E-state index contributed by atoms with van der Waals surface area (Å²) in [6.45, 7) is 19.0. The molecule has 0 saturated carbocycles. The normalized spacial score (nSPS) is 12.1. The number of nitrogens with two attached hydrogens (primary N) is 6. The number of carbonyl (C=O) groups is 5. The Morgan fingerprint density at radius 3 is 0.871 bits per heavy atom. The fourth-order valence-electron chi connectivity index (χ4n) is 8.60. The third kappa shape index (κ3) is 135. The average molecular weight is 3400 g/mol. The molecule has 19 N–H and O–H groups in total. The number of sulfonamides is 1. The van der Waals surface area contributed by atoms with E-state index in [0.29, 0.717) is 18.3 Å². The molecular weight excluding hydrogens is 3280 g/mol. The number of halogens is 34. The van der Waals surface area contributed by atoms with E-state index in [9.17, 15) is 120 Å². The zero-order valence-corrected chi connectivity index (χ0v) is 106. The van der Waals surface area contributed by atoms with Gasteiger partial charge in [-0.2, -0.15) is 92.2 Å². The maximum atomic E-state index is 12.2. The van der Waals surface area contributed by atoms with E-state index in [4.69, 9.17) is 127 Å². The number of amides is 4. The van der Waals surface area contributed by atoms with E-state index in [2.05, 4.69) is 184 Å². The van der Waals surface area contributed by atoms with E-state index < -0.39 is 178 Å². The molecule has 65 heteroatoms. The minimum absolute atomic E-state index is 0. The van der Waals surface area contributed by atoms with Crippen molar-refractivity contribution in [3.05, 3.63) is 220 Å². The Labute approximate surface area is 1010 Å². The summed E-state index contributed by atoms with van der Waals surface area (Å²) in [6, 6.07) is 43.0. The van der Waals surface area contributed by atoms with E-state index in [-0.39, 0.29) is 166 Å². The van der Waals surface area contributed by atoms with Crippen molar-refractivity contribution in [2.45, 2.75) is 243 Å². The molecule has 0 saturated heterocycles. The van der Waals surface area contributed by atoms with Crippen LogP contribution in [0.4, 0.5) is 79.0 Å². The average Bonchev–Trinajstić information content (AvgIpc) is 0.828. The van der Waals surface area contributed by atoms with Crippen LogP contribution in [0.15, 0.2) is 180 Å². The van der Waals surface area contributed by atoms with Crippen LogP contribution in [-0.2, 0) is 58.4 Å². The molecule has 0 aliphatic carbocycles. The third-order valence-corrected chi connectivity index (χ3v) is 18.1. The molecule has 0 bridgehead atoms. The van der Waals surface area contributed by atoms with Crippen molar-refractivity contribution < 1.29 is 190 Å². The van der Waals surface area contributed by atoms with Crippen LogP contribution in [0.5, 0.6) is 0 Å². The van der Waals surface area contributed by atoms with Crippen LogP contribution in [0.25, 0.3) is 4.85 Å². The molecule has 0 heterocycles. The number of primary amides is 4. The molecular formula is C82H123Cl7F18I9N12NaO14S3V-. The molecule has 0 radical (unpaired) electrons. The van der Waals surface area contributed by atoms with Gasteiger partial charge in [0.2, 0.25) is 33.7 Å². The molecule has 6 rings (SSSR count). The van der Waals surface area contributed by atoms with Crippen LogP contribution in [0, 0.1) is 18.4 Å². The van der Waals surface area contributed by atoms with Gasteiger partial charge in [0.1, 0.15) is 12.3 Å². The van der Waals surface area contributed by atoms with E-state index in [1.807, 2.05) is 145 Å². The van der Waals surface area contributed by atoms with Crippen molar-refractivity contribution in [3.8, 4) is 0 Å². The number of aliphatic hydroxyl groups excluding tert-OH is 1. The Kier molecular flexibility index (Phi) is 140. The van der Waals surface area contributed by atoms with Gasteiger partial charge in [-0.3, -0.25) is 43.8 Å². The molecule has 6 aromatic carbocycles. The van der Waals surface area contributed by atoms with Gasteiger partial charge in [0.05, 0.1) is 46.1 Å². The maximum Gasteiger partial charge on any atom is 1.00 e. The first-order chi connectivity index (χ1) is 63.8. The third-order valence-electron chi connectivity index (χ3n) is 14.8. The van der Waals surface area contributed by atoms with Crippen LogP contribution >= 0.6 is 239 Å². The molecule has 0 aromatic heterocycles. The van der Waals surface area contributed by atoms with Crippen molar-refractivity contribution in [2.75, 3.05) is 17.4 Å². The number of nitrogens with zero attached hydrogens (tertiary/aromatic N) is 2. The van der Waals surface area contributed by atoms with Crippen molar-refractivity contribution in [3.63, 3.8) is 0 Å². The second-order valence-corrected chi connectivity index (χ2v) is 83.9. The molecule has 4 amide bonds. The molecule has 9 atom stereocenters. The number of carbonyl (C=O) groups excluding carboxylic acids is 5. The van der Waals surface area contributed by atoms with Crippen LogP contribution in [-0.4, -0.2) is 154 Å². The maximum absolute atomic E-state index is 12.2. The number of hydrogen-bond donors (Lipinski definition) is 13. The number of nitrogens with one attached hydrogen (secondary N) is 4. The van der Waals surface area contributed by atoms with E-state index in [0.717, 1.165) is 35.9 Å². The van der Waals surface area contributed by atoms with Gasteiger partial charge in [-0.05, 0) is 129 Å². The minimum atomic E-state index is -4.67. The number of rotatable bonds is 30. The fourth-order valence-corrected chi connectivity index (χ4v) is 10.9. The number of hydrogen-bond acceptors (Lipinski definition) is 18. The molecule has 0 spiro atoms. The molecule has 6 aromatic rings. The van der Waals surface area contributed by atoms with Gasteiger partial charge in [-0.25, -0.2) is 28.7 Å². The first-order valence-electron chi connectivity index (χ1n) is 37.3. The Morgan fingerprint density at radius 2 is 0.673 bits per heavy atom. The predicted molar refractivity (Wildman–Crippen MR) is 614 cm³/mol. The SMILES string of the molecule is C.C.C.C.C.CI.CO.C[C@@H](N)c1ccccc1.C[C@@H](NC(CCC(F)(F)F)C(N)=O)c1ccccc1.C[C@@H](N[C@H](CCC(F)(F)F)C(N)=O)c1ccccc1.Cl.Cl.ClCCl.II.I[I-]I.NC(=O)[C@@H](CCC(F)(F)F)NS(=O)(=O)c1ccc(Cl)cc1.NC(=O)[C@H](N)CCC(F)(F)F.O=CCCC(F)(F)F.O=S(=O)(Cl)c1ccc(Cl)cc1.O=S(=O)(O)O.[C-]#N.[C-]#[N+]C(CCC(F)(F)F)N[C@H](C)c1ccccc1.[I][V]([I])[I].[Na+]. The molecule has 0 aliphatic heterocycles. The molecule has 147 heavy (non-hydrogen) atoms. The van der Waals surface area contributed by atoms with Gasteiger partial charge in [-0.15, -0.1) is 48.0 Å². The summed E-state index contributed by atoms with van der Waals surface area (Å²) < 4.78 is 292. The fraction of sp³-hybridized carbons (Fsp3) is 0.476. The summed E-state index contributed by atoms with van der Waals surface area (Å²) in [5.41, 5.74) is 34.3. The standard InChI is InChI=1S/2C13H17F3N2O.C13H15F3N2.C11H12ClF3N2O3S.C8H11N.C6H4Cl2O2S.C5H9F3N2O.C4H5F3O.CH2Cl2.CH3I.CN.CH4O.5CH4.2ClH.I3.I2.3HI.Na.H2O4S.V/c2*1-9(10-5-3-2-4-6-10)18-11(12(17)19)7-8-13(14,15)16;1-10(11-6-4-3-5-7-11)18-12(17-2)8-9-13(14,15)16;12-7-1-3-8(4-2-7)21(19,20)17-9(10(16)18)5-6-11(13,14)15;1-7(9)8-5-3-2-4-6-8;7-5-1-3-6(4-2-5)11(8,9)10;6-5(7,8)2-1-3(9)4(10)11;5-4(6,7)2-1-3-8;2-1-3;3*1-2;;;;;;;;1-3-2;1-2;;;;;1-5(2,3)4;/h2*2-6,9,11,18H,7-8H2,1H3,(H2,17,19);3-7,10,12,18H,8-9H2,1H3;1-4,9,17H,5-6H2,(H2,16,18);2-7H,9H2,1H3;1-4H;3H,1-2,9H2,(H2,10,11);3H,1-2H2;1H2;1H3;;2H,1H3;5*1H4;2*1H;;;3*1H;;(H2,1,2,3,4);/q;;;;;;;;;;-1;;;;;;;;;-1;;;;;+1;;+3/p-3/t9-,11?;9-,11-;10-,12?;9-;7-;;3-;;;;;;;;;;;;;;;;;;;;/m11111.1..................../s1. The first-order valence-corrected chi connectivity index (χ1v) is 78.8. The number of benzene rings is 6. The van der Waals surface area contributed by atoms with Crippen LogP contribution in [0.1, 0.15) is 188 Å². The van der Waals surface area contributed by atoms with Crippen LogP contribution < -0.4 is 97.9 Å². The van der Waals surface area contributed by atoms with Gasteiger partial charge in [0.15, 0.2) is 0 Å². The van der Waals surface area contributed by atoms with Gasteiger partial charge in [0.25, 0.3) is 15.2 Å². The summed E-state index contributed by atoms with van der Waals surface area (Å²) in [4.78, 5) is 57.7. The minimum Gasteiger partial charge on any atom is 1.00 e. The Hall–Kier alpha value is 0.264. The molecule has 2 unspecified atom stereocenters. The van der Waals surface area contributed by atoms with E-state index in [1.165, 1.54) is 42.0 Å². The van der Waals surface area contributed by atoms with Gasteiger partial charge < -0.3 is 56.1 Å². The van der Waals surface area contributed by atoms with Crippen molar-refractivity contribution >= 4 is 298 Å². The predicted octanol–water partition coefficient (Wildman–Crippen LogP) is 22.2. The van der Waals surface area contributed by atoms with Crippen molar-refractivity contribution in [1.29, 1.82) is 5.26 Å². The van der Waals surface area contributed by atoms with Gasteiger partial charge >= 0.3 is 192 Å². The molecule has 858 valence electrons. The smallest absolute Gasteiger partial charge is 1.00 e. The summed E-state index contributed by atoms with van der Waals surface area (Å²) in [6.07, 6.45) is -35.3. The largest absolute Gasteiger partial charge is 1.00 e. The van der Waals surface area contributed by atoms with Gasteiger partial charge in [-0.1, -0.05) is 204 Å². The summed E-state index contributed by atoms with van der Waals surface area (Å²) >= 11 is 39.7. The van der Waals surface area contributed by atoms with E-state index in [1.54, 1.807) is 13.8 Å². The number of aldehydes is 1. The zero-order chi connectivity index (χ0) is 111. The van der Waals surface area contributed by atoms with Crippen molar-refractivity contribution in [2.24, 2.45) is 34.4 Å². The Bertz CT molecular complexity index is 4490. The molecule has 0 fully saturated rings. The monoisotopic (exact) mass is 3400 g/mol. The quantitative estimate of drug-likeness (QED) is 0.00291. The molecule has 26 nitrogen and oxygen atoms in total. The Morgan fingerprint density at radius 1 is 0.456 bits per heavy atom. The van der Waals surface area contributed by atoms with Crippen LogP contribution in [0.3, 0.4) is 0 Å². The summed E-state index contributed by atoms with van der Waals surface area (Å²) in [5, 5.41) is 22.8. The molecule has 0 aliphatic rings. The van der Waals surface area contributed by atoms with Crippen molar-refractivity contribution in [1.82, 2.24) is 20.7 Å². The first kappa shape index (κ1) is 189. The zero-order valence-electron chi connectivity index (χ0n) is 74.9. The second kappa shape index (κ2) is 109.